The fraction of sp³-hybridized carbons (Fsp3) is 0.467. The highest BCUT2D eigenvalue weighted by atomic mass is 16.6. The fourth-order valence-corrected chi connectivity index (χ4v) is 1.46. The molecule has 0 atom stereocenters. The van der Waals surface area contributed by atoms with Gasteiger partial charge in [-0.15, -0.1) is 0 Å². The van der Waals surface area contributed by atoms with Crippen LogP contribution in [0.4, 0.5) is 10.5 Å². The van der Waals surface area contributed by atoms with Crippen LogP contribution < -0.4 is 5.32 Å². The number of amides is 2. The highest BCUT2D eigenvalue weighted by Gasteiger charge is 2.21. The molecule has 5 nitrogen and oxygen atoms in total. The lowest BCUT2D eigenvalue weighted by atomic mass is 10.2. The molecule has 1 N–H and O–H groups in total. The van der Waals surface area contributed by atoms with Gasteiger partial charge in [-0.05, 0) is 39.8 Å². The third-order valence-corrected chi connectivity index (χ3v) is 2.42. The van der Waals surface area contributed by atoms with E-state index >= 15 is 0 Å². The van der Waals surface area contributed by atoms with Gasteiger partial charge in [-0.3, -0.25) is 4.79 Å². The molecule has 2 amide bonds. The van der Waals surface area contributed by atoms with Crippen LogP contribution in [0.5, 0.6) is 0 Å². The molecule has 1 aromatic rings. The number of rotatable bonds is 3. The maximum absolute atomic E-state index is 11.8. The summed E-state index contributed by atoms with van der Waals surface area (Å²) in [5.74, 6) is -0.262. The average molecular weight is 278 g/mol. The van der Waals surface area contributed by atoms with Crippen molar-refractivity contribution in [3.63, 3.8) is 0 Å². The van der Waals surface area contributed by atoms with E-state index in [4.69, 9.17) is 4.74 Å². The van der Waals surface area contributed by atoms with Crippen molar-refractivity contribution in [1.82, 2.24) is 4.90 Å². The van der Waals surface area contributed by atoms with E-state index < -0.39 is 11.7 Å². The van der Waals surface area contributed by atoms with Gasteiger partial charge < -0.3 is 15.0 Å². The Morgan fingerprint density at radius 3 is 2.25 bits per heavy atom. The Bertz CT molecular complexity index is 475. The quantitative estimate of drug-likeness (QED) is 0.925. The predicted octanol–water partition coefficient (Wildman–Crippen LogP) is 2.80. The van der Waals surface area contributed by atoms with Crippen LogP contribution in [0.3, 0.4) is 0 Å². The molecule has 0 saturated carbocycles. The summed E-state index contributed by atoms with van der Waals surface area (Å²) in [5.41, 5.74) is 1.26. The number of ether oxygens (including phenoxy) is 1. The van der Waals surface area contributed by atoms with Crippen LogP contribution in [-0.4, -0.2) is 36.1 Å². The maximum Gasteiger partial charge on any atom is 0.410 e. The van der Waals surface area contributed by atoms with Crippen molar-refractivity contribution in [1.29, 1.82) is 0 Å². The number of anilines is 1. The Balaban J connectivity index is 2.49. The molecule has 0 bridgehead atoms. The number of likely N-dealkylation sites (N-methyl/N-ethyl adjacent to an activating group) is 1. The van der Waals surface area contributed by atoms with Gasteiger partial charge in [0.05, 0.1) is 0 Å². The third kappa shape index (κ3) is 5.73. The van der Waals surface area contributed by atoms with Crippen molar-refractivity contribution in [2.75, 3.05) is 18.9 Å². The fourth-order valence-electron chi connectivity index (χ4n) is 1.46. The summed E-state index contributed by atoms with van der Waals surface area (Å²) in [5, 5.41) is 2.73. The molecule has 0 fully saturated rings. The second-order valence-electron chi connectivity index (χ2n) is 5.75. The van der Waals surface area contributed by atoms with E-state index in [9.17, 15) is 9.59 Å². The SMILES string of the molecule is Cc1ccc(NC(=O)CN(C)C(=O)OC(C)(C)C)cc1. The van der Waals surface area contributed by atoms with Crippen molar-refractivity contribution >= 4 is 17.7 Å². The minimum absolute atomic E-state index is 0.0528. The van der Waals surface area contributed by atoms with E-state index in [1.165, 1.54) is 11.9 Å². The molecule has 0 aliphatic heterocycles. The number of hydrogen-bond acceptors (Lipinski definition) is 3. The lowest BCUT2D eigenvalue weighted by molar-refractivity contribution is -0.117. The first kappa shape index (κ1) is 16.0. The smallest absolute Gasteiger partial charge is 0.410 e. The Labute approximate surface area is 119 Å². The van der Waals surface area contributed by atoms with Crippen LogP contribution in [0.25, 0.3) is 0 Å². The number of hydrogen-bond donors (Lipinski definition) is 1. The van der Waals surface area contributed by atoms with E-state index in [0.29, 0.717) is 5.69 Å². The molecule has 0 radical (unpaired) electrons. The molecule has 0 unspecified atom stereocenters. The summed E-state index contributed by atoms with van der Waals surface area (Å²) in [4.78, 5) is 24.8. The van der Waals surface area contributed by atoms with Crippen LogP contribution in [0.2, 0.25) is 0 Å². The Morgan fingerprint density at radius 2 is 1.75 bits per heavy atom. The number of nitrogens with one attached hydrogen (secondary N) is 1. The largest absolute Gasteiger partial charge is 0.444 e. The highest BCUT2D eigenvalue weighted by molar-refractivity contribution is 5.93. The van der Waals surface area contributed by atoms with Crippen LogP contribution in [0.1, 0.15) is 26.3 Å². The molecule has 0 spiro atoms. The van der Waals surface area contributed by atoms with Crippen molar-refractivity contribution in [3.05, 3.63) is 29.8 Å². The minimum Gasteiger partial charge on any atom is -0.444 e. The van der Waals surface area contributed by atoms with Crippen molar-refractivity contribution < 1.29 is 14.3 Å². The number of nitrogens with zero attached hydrogens (tertiary/aromatic N) is 1. The van der Waals surface area contributed by atoms with E-state index in [1.807, 2.05) is 31.2 Å². The first-order valence-electron chi connectivity index (χ1n) is 6.48. The van der Waals surface area contributed by atoms with Crippen molar-refractivity contribution in [3.8, 4) is 0 Å². The van der Waals surface area contributed by atoms with E-state index in [-0.39, 0.29) is 12.5 Å². The number of carbonyl (C=O) groups is 2. The number of carbonyl (C=O) groups excluding carboxylic acids is 2. The Hall–Kier alpha value is -2.04. The van der Waals surface area contributed by atoms with Gasteiger partial charge in [-0.1, -0.05) is 17.7 Å². The minimum atomic E-state index is -0.571. The summed E-state index contributed by atoms with van der Waals surface area (Å²) in [6.07, 6.45) is -0.517. The Kier molecular flexibility index (Phi) is 5.13. The van der Waals surface area contributed by atoms with Crippen LogP contribution in [0.15, 0.2) is 24.3 Å². The summed E-state index contributed by atoms with van der Waals surface area (Å²) < 4.78 is 5.17. The van der Waals surface area contributed by atoms with E-state index in [0.717, 1.165) is 5.56 Å². The van der Waals surface area contributed by atoms with Gasteiger partial charge in [-0.25, -0.2) is 4.79 Å². The third-order valence-electron chi connectivity index (χ3n) is 2.42. The Morgan fingerprint density at radius 1 is 1.20 bits per heavy atom. The zero-order valence-corrected chi connectivity index (χ0v) is 12.7. The predicted molar refractivity (Wildman–Crippen MR) is 78.7 cm³/mol. The van der Waals surface area contributed by atoms with Crippen molar-refractivity contribution in [2.24, 2.45) is 0 Å². The molecule has 0 aromatic heterocycles. The van der Waals surface area contributed by atoms with Gasteiger partial charge in [0.15, 0.2) is 0 Å². The van der Waals surface area contributed by atoms with Gasteiger partial charge in [0.1, 0.15) is 12.1 Å². The second kappa shape index (κ2) is 6.41. The standard InChI is InChI=1S/C15H22N2O3/c1-11-6-8-12(9-7-11)16-13(18)10-17(5)14(19)20-15(2,3)4/h6-9H,10H2,1-5H3,(H,16,18). The molecule has 1 rings (SSSR count). The summed E-state index contributed by atoms with van der Waals surface area (Å²) in [6.45, 7) is 7.27. The summed E-state index contributed by atoms with van der Waals surface area (Å²) >= 11 is 0. The zero-order valence-electron chi connectivity index (χ0n) is 12.7. The molecule has 0 aliphatic carbocycles. The molecule has 20 heavy (non-hydrogen) atoms. The molecule has 0 saturated heterocycles. The average Bonchev–Trinajstić information content (AvgIpc) is 2.29. The lowest BCUT2D eigenvalue weighted by Crippen LogP contribution is -2.38. The lowest BCUT2D eigenvalue weighted by Gasteiger charge is -2.24. The van der Waals surface area contributed by atoms with Gasteiger partial charge in [0, 0.05) is 12.7 Å². The van der Waals surface area contributed by atoms with E-state index in [1.54, 1.807) is 20.8 Å². The summed E-state index contributed by atoms with van der Waals surface area (Å²) in [6, 6.07) is 7.46. The van der Waals surface area contributed by atoms with Gasteiger partial charge >= 0.3 is 6.09 Å². The van der Waals surface area contributed by atoms with Gasteiger partial charge in [0.2, 0.25) is 5.91 Å². The van der Waals surface area contributed by atoms with Crippen molar-refractivity contribution in [2.45, 2.75) is 33.3 Å². The highest BCUT2D eigenvalue weighted by Crippen LogP contribution is 2.10. The zero-order chi connectivity index (χ0) is 15.3. The molecular weight excluding hydrogens is 256 g/mol. The first-order valence-corrected chi connectivity index (χ1v) is 6.48. The topological polar surface area (TPSA) is 58.6 Å². The number of benzene rings is 1. The monoisotopic (exact) mass is 278 g/mol. The van der Waals surface area contributed by atoms with Gasteiger partial charge in [-0.2, -0.15) is 0 Å². The van der Waals surface area contributed by atoms with Crippen LogP contribution in [0, 0.1) is 6.92 Å². The van der Waals surface area contributed by atoms with Crippen LogP contribution >= 0.6 is 0 Å². The van der Waals surface area contributed by atoms with Gasteiger partial charge in [0.25, 0.3) is 0 Å². The molecule has 110 valence electrons. The first-order chi connectivity index (χ1) is 9.17. The second-order valence-corrected chi connectivity index (χ2v) is 5.75. The molecular formula is C15H22N2O3. The number of aryl methyl sites for hydroxylation is 1. The normalized spacial score (nSPS) is 10.8. The molecule has 5 heteroatoms. The molecule has 0 heterocycles. The van der Waals surface area contributed by atoms with Crippen LogP contribution in [-0.2, 0) is 9.53 Å². The van der Waals surface area contributed by atoms with E-state index in [2.05, 4.69) is 5.32 Å². The molecule has 1 aromatic carbocycles. The summed E-state index contributed by atoms with van der Waals surface area (Å²) in [7, 11) is 1.53. The maximum atomic E-state index is 11.8. The molecule has 0 aliphatic rings.